The number of hydrogen-bond acceptors (Lipinski definition) is 6. The molecule has 0 bridgehead atoms. The molecule has 0 aliphatic rings. The molecule has 0 unspecified atom stereocenters. The summed E-state index contributed by atoms with van der Waals surface area (Å²) in [5.41, 5.74) is 2.87. The van der Waals surface area contributed by atoms with E-state index in [1.807, 2.05) is 58.0 Å². The Morgan fingerprint density at radius 1 is 1.08 bits per heavy atom. The number of carbonyl (C=O) groups excluding carboxylic acids is 2. The van der Waals surface area contributed by atoms with E-state index < -0.39 is 5.97 Å². The molecule has 0 fully saturated rings. The van der Waals surface area contributed by atoms with Gasteiger partial charge in [0.1, 0.15) is 10.7 Å². The van der Waals surface area contributed by atoms with Crippen LogP contribution in [0.5, 0.6) is 0 Å². The molecule has 2 aromatic heterocycles. The summed E-state index contributed by atoms with van der Waals surface area (Å²) in [5, 5.41) is 0.649. The van der Waals surface area contributed by atoms with Gasteiger partial charge in [-0.05, 0) is 50.5 Å². The summed E-state index contributed by atoms with van der Waals surface area (Å²) < 4.78 is 5.31. The lowest BCUT2D eigenvalue weighted by Gasteiger charge is -2.26. The highest BCUT2D eigenvalue weighted by Crippen LogP contribution is 2.28. The van der Waals surface area contributed by atoms with Gasteiger partial charge in [-0.25, -0.2) is 9.78 Å². The molecule has 0 radical (unpaired) electrons. The molecule has 4 aromatic rings. The lowest BCUT2D eigenvalue weighted by atomic mass is 10.1. The number of thiophene rings is 1. The van der Waals surface area contributed by atoms with Crippen LogP contribution in [0.15, 0.2) is 59.4 Å². The molecular formula is C28H29N3O4S. The molecule has 0 spiro atoms. The zero-order valence-corrected chi connectivity index (χ0v) is 21.6. The molecule has 2 aromatic carbocycles. The maximum atomic E-state index is 12.8. The minimum absolute atomic E-state index is 0.0387. The summed E-state index contributed by atoms with van der Waals surface area (Å²) in [4.78, 5) is 49.0. The SMILES string of the molecule is CCc1c(C)sc2nc(-c3ccc(C(=O)OCC(=O)N(Cc4ccccc4)C(C)C)cc3)[nH]c(=O)c12. The van der Waals surface area contributed by atoms with Crippen molar-refractivity contribution in [3.05, 3.63) is 86.5 Å². The molecule has 0 saturated carbocycles. The van der Waals surface area contributed by atoms with Gasteiger partial charge in [-0.15, -0.1) is 11.3 Å². The number of H-pyrrole nitrogens is 1. The Kier molecular flexibility index (Phi) is 7.64. The monoisotopic (exact) mass is 503 g/mol. The van der Waals surface area contributed by atoms with Gasteiger partial charge >= 0.3 is 5.97 Å². The molecule has 0 aliphatic carbocycles. The van der Waals surface area contributed by atoms with E-state index >= 15 is 0 Å². The number of aromatic nitrogens is 2. The Morgan fingerprint density at radius 2 is 1.78 bits per heavy atom. The Morgan fingerprint density at radius 3 is 2.42 bits per heavy atom. The van der Waals surface area contributed by atoms with Gasteiger partial charge in [-0.2, -0.15) is 0 Å². The fourth-order valence-electron chi connectivity index (χ4n) is 4.13. The number of carbonyl (C=O) groups is 2. The van der Waals surface area contributed by atoms with Gasteiger partial charge in [0.25, 0.3) is 11.5 Å². The van der Waals surface area contributed by atoms with E-state index in [1.165, 1.54) is 11.3 Å². The molecule has 0 aliphatic heterocycles. The van der Waals surface area contributed by atoms with E-state index in [9.17, 15) is 14.4 Å². The smallest absolute Gasteiger partial charge is 0.338 e. The molecular weight excluding hydrogens is 474 g/mol. The average Bonchev–Trinajstić information content (AvgIpc) is 3.21. The van der Waals surface area contributed by atoms with Crippen LogP contribution < -0.4 is 5.56 Å². The summed E-state index contributed by atoms with van der Waals surface area (Å²) in [7, 11) is 0. The first-order valence-electron chi connectivity index (χ1n) is 11.9. The largest absolute Gasteiger partial charge is 0.452 e. The van der Waals surface area contributed by atoms with Crippen molar-refractivity contribution in [3.8, 4) is 11.4 Å². The van der Waals surface area contributed by atoms with Crippen LogP contribution in [0.25, 0.3) is 21.6 Å². The minimum atomic E-state index is -0.586. The quantitative estimate of drug-likeness (QED) is 0.337. The third-order valence-electron chi connectivity index (χ3n) is 6.08. The van der Waals surface area contributed by atoms with Crippen LogP contribution in [0.2, 0.25) is 0 Å². The van der Waals surface area contributed by atoms with E-state index in [0.29, 0.717) is 33.7 Å². The zero-order chi connectivity index (χ0) is 25.8. The fourth-order valence-corrected chi connectivity index (χ4v) is 5.25. The lowest BCUT2D eigenvalue weighted by molar-refractivity contribution is -0.136. The van der Waals surface area contributed by atoms with Gasteiger partial charge in [-0.3, -0.25) is 9.59 Å². The molecule has 186 valence electrons. The summed E-state index contributed by atoms with van der Waals surface area (Å²) >= 11 is 1.51. The first-order chi connectivity index (χ1) is 17.3. The summed E-state index contributed by atoms with van der Waals surface area (Å²) in [6, 6.07) is 16.3. The Hall–Kier alpha value is -3.78. The first-order valence-corrected chi connectivity index (χ1v) is 12.7. The number of fused-ring (bicyclic) bond motifs is 1. The van der Waals surface area contributed by atoms with Gasteiger partial charge in [0.05, 0.1) is 10.9 Å². The number of aromatic amines is 1. The fraction of sp³-hybridized carbons (Fsp3) is 0.286. The highest BCUT2D eigenvalue weighted by molar-refractivity contribution is 7.18. The number of rotatable bonds is 8. The van der Waals surface area contributed by atoms with Crippen molar-refractivity contribution in [2.75, 3.05) is 6.61 Å². The number of hydrogen-bond donors (Lipinski definition) is 1. The second kappa shape index (κ2) is 10.9. The van der Waals surface area contributed by atoms with Crippen LogP contribution in [-0.4, -0.2) is 39.4 Å². The first kappa shape index (κ1) is 25.3. The molecule has 7 nitrogen and oxygen atoms in total. The highest BCUT2D eigenvalue weighted by atomic mass is 32.1. The van der Waals surface area contributed by atoms with E-state index in [1.54, 1.807) is 29.2 Å². The molecule has 36 heavy (non-hydrogen) atoms. The van der Waals surface area contributed by atoms with Crippen LogP contribution >= 0.6 is 11.3 Å². The summed E-state index contributed by atoms with van der Waals surface area (Å²) in [6.07, 6.45) is 0.774. The van der Waals surface area contributed by atoms with Gasteiger partial charge in [0.2, 0.25) is 0 Å². The molecule has 8 heteroatoms. The van der Waals surface area contributed by atoms with Crippen molar-refractivity contribution < 1.29 is 14.3 Å². The van der Waals surface area contributed by atoms with Crippen molar-refractivity contribution >= 4 is 33.4 Å². The maximum Gasteiger partial charge on any atom is 0.338 e. The van der Waals surface area contributed by atoms with Crippen LogP contribution in [0.4, 0.5) is 0 Å². The van der Waals surface area contributed by atoms with E-state index in [0.717, 1.165) is 22.4 Å². The van der Waals surface area contributed by atoms with Gasteiger partial charge in [0, 0.05) is 23.0 Å². The number of nitrogens with zero attached hydrogens (tertiary/aromatic N) is 2. The van der Waals surface area contributed by atoms with Gasteiger partial charge < -0.3 is 14.6 Å². The molecule has 4 rings (SSSR count). The molecule has 2 heterocycles. The predicted molar refractivity (Wildman–Crippen MR) is 142 cm³/mol. The highest BCUT2D eigenvalue weighted by Gasteiger charge is 2.20. The van der Waals surface area contributed by atoms with Crippen molar-refractivity contribution in [2.45, 2.75) is 46.7 Å². The Balaban J connectivity index is 1.44. The van der Waals surface area contributed by atoms with Crippen molar-refractivity contribution in [1.29, 1.82) is 0 Å². The molecule has 1 amide bonds. The van der Waals surface area contributed by atoms with Crippen LogP contribution in [0.3, 0.4) is 0 Å². The number of ether oxygens (including phenoxy) is 1. The number of benzene rings is 2. The zero-order valence-electron chi connectivity index (χ0n) is 20.8. The summed E-state index contributed by atoms with van der Waals surface area (Å²) in [5.74, 6) is -0.400. The average molecular weight is 504 g/mol. The normalized spacial score (nSPS) is 11.1. The molecule has 0 saturated heterocycles. The number of amides is 1. The van der Waals surface area contributed by atoms with Crippen LogP contribution in [0.1, 0.15) is 47.1 Å². The van der Waals surface area contributed by atoms with E-state index in [-0.39, 0.29) is 24.1 Å². The molecule has 1 N–H and O–H groups in total. The van der Waals surface area contributed by atoms with Crippen LogP contribution in [-0.2, 0) is 22.5 Å². The lowest BCUT2D eigenvalue weighted by Crippen LogP contribution is -2.39. The predicted octanol–water partition coefficient (Wildman–Crippen LogP) is 5.12. The maximum absolute atomic E-state index is 12.8. The van der Waals surface area contributed by atoms with Gasteiger partial charge in [0.15, 0.2) is 6.61 Å². The van der Waals surface area contributed by atoms with E-state index in [4.69, 9.17) is 4.74 Å². The third kappa shape index (κ3) is 5.39. The number of nitrogens with one attached hydrogen (secondary N) is 1. The molecule has 0 atom stereocenters. The van der Waals surface area contributed by atoms with Crippen molar-refractivity contribution in [3.63, 3.8) is 0 Å². The van der Waals surface area contributed by atoms with Crippen LogP contribution in [0, 0.1) is 6.92 Å². The summed E-state index contributed by atoms with van der Waals surface area (Å²) in [6.45, 7) is 7.99. The standard InChI is InChI=1S/C28H29N3O4S/c1-5-22-18(4)36-27-24(22)26(33)29-25(30-27)20-11-13-21(14-12-20)28(34)35-16-23(32)31(17(2)3)15-19-9-7-6-8-10-19/h6-14,17H,5,15-16H2,1-4H3,(H,29,30,33). The second-order valence-electron chi connectivity index (χ2n) is 8.84. The third-order valence-corrected chi connectivity index (χ3v) is 7.12. The van der Waals surface area contributed by atoms with Gasteiger partial charge in [-0.1, -0.05) is 49.4 Å². The van der Waals surface area contributed by atoms with Crippen molar-refractivity contribution in [1.82, 2.24) is 14.9 Å². The number of esters is 1. The van der Waals surface area contributed by atoms with E-state index in [2.05, 4.69) is 9.97 Å². The van der Waals surface area contributed by atoms with Crippen molar-refractivity contribution in [2.24, 2.45) is 0 Å². The topological polar surface area (TPSA) is 92.4 Å². The number of aryl methyl sites for hydroxylation is 2. The Bertz CT molecular complexity index is 1440. The second-order valence-corrected chi connectivity index (χ2v) is 10.0. The minimum Gasteiger partial charge on any atom is -0.452 e. The Labute approximate surface area is 213 Å².